The van der Waals surface area contributed by atoms with Gasteiger partial charge in [0.05, 0.1) is 0 Å². The number of hydrogen-bond donors (Lipinski definition) is 0. The predicted molar refractivity (Wildman–Crippen MR) is 174 cm³/mol. The molecular weight excluding hydrogens is 647 g/mol. The molecule has 0 aliphatic rings. The molecule has 0 fully saturated rings. The molecule has 0 bridgehead atoms. The minimum absolute atomic E-state index is 0. The van der Waals surface area contributed by atoms with E-state index in [1.165, 1.54) is 66.1 Å². The number of rotatable bonds is 6. The smallest absolute Gasteiger partial charge is 0.358 e. The van der Waals surface area contributed by atoms with Crippen LogP contribution in [0.3, 0.4) is 0 Å². The van der Waals surface area contributed by atoms with E-state index in [4.69, 9.17) is 0 Å². The van der Waals surface area contributed by atoms with Crippen molar-refractivity contribution in [3.05, 3.63) is 146 Å². The third-order valence-electron chi connectivity index (χ3n) is 8.47. The van der Waals surface area contributed by atoms with Gasteiger partial charge in [0, 0.05) is 0 Å². The van der Waals surface area contributed by atoms with Crippen molar-refractivity contribution in [3.63, 3.8) is 0 Å². The van der Waals surface area contributed by atoms with Crippen LogP contribution in [0.25, 0.3) is 43.8 Å². The van der Waals surface area contributed by atoms with Gasteiger partial charge in [-0.2, -0.15) is 12.1 Å². The van der Waals surface area contributed by atoms with E-state index in [1.54, 1.807) is 0 Å². The van der Waals surface area contributed by atoms with E-state index in [2.05, 4.69) is 137 Å². The first kappa shape index (κ1) is 31.5. The maximum absolute atomic E-state index is 2.47. The normalized spacial score (nSPS) is 11.1. The summed E-state index contributed by atoms with van der Waals surface area (Å²) >= 11 is 0. The number of aryl methyl sites for hydroxylation is 2. The second-order valence-corrected chi connectivity index (χ2v) is 10.6. The molecule has 6 aromatic carbocycles. The molecule has 0 saturated carbocycles. The monoisotopic (exact) mass is 688 g/mol. The van der Waals surface area contributed by atoms with Gasteiger partial charge in [0.25, 0.3) is 0 Å². The van der Waals surface area contributed by atoms with Crippen molar-refractivity contribution in [2.24, 2.45) is 0 Å². The first-order valence-electron chi connectivity index (χ1n) is 13.6. The van der Waals surface area contributed by atoms with Crippen LogP contribution in [0, 0.1) is 28.7 Å². The zero-order chi connectivity index (χ0) is 25.6. The van der Waals surface area contributed by atoms with Gasteiger partial charge >= 0.3 is 25.8 Å². The van der Waals surface area contributed by atoms with Crippen LogP contribution < -0.4 is 0 Å². The molecule has 0 saturated heterocycles. The largest absolute Gasteiger partial charge is 4.00 e. The van der Waals surface area contributed by atoms with Gasteiger partial charge in [0.1, 0.15) is 0 Å². The molecular formula is C39H40Hf. The number of fused-ring (bicyclic) bond motifs is 2. The van der Waals surface area contributed by atoms with Gasteiger partial charge in [-0.25, -0.2) is 0 Å². The van der Waals surface area contributed by atoms with Crippen molar-refractivity contribution in [1.82, 2.24) is 0 Å². The van der Waals surface area contributed by atoms with E-state index in [1.807, 2.05) is 0 Å². The molecule has 0 unspecified atom stereocenters. The maximum atomic E-state index is 2.47. The van der Waals surface area contributed by atoms with Crippen LogP contribution in [0.2, 0.25) is 0 Å². The zero-order valence-electron chi connectivity index (χ0n) is 24.8. The van der Waals surface area contributed by atoms with Gasteiger partial charge in [0.15, 0.2) is 0 Å². The van der Waals surface area contributed by atoms with Gasteiger partial charge < -0.3 is 14.9 Å². The average Bonchev–Trinajstić information content (AvgIpc) is 3.55. The van der Waals surface area contributed by atoms with E-state index < -0.39 is 0 Å². The van der Waals surface area contributed by atoms with Crippen LogP contribution in [0.5, 0.6) is 0 Å². The van der Waals surface area contributed by atoms with E-state index in [-0.39, 0.29) is 46.1 Å². The minimum atomic E-state index is -0.0220. The van der Waals surface area contributed by atoms with Crippen molar-refractivity contribution in [2.45, 2.75) is 46.0 Å². The molecule has 6 aromatic rings. The van der Waals surface area contributed by atoms with Crippen LogP contribution in [-0.2, 0) is 31.3 Å². The molecule has 0 amide bonds. The van der Waals surface area contributed by atoms with Gasteiger partial charge in [-0.3, -0.25) is 0 Å². The number of benzene rings is 4. The predicted octanol–water partition coefficient (Wildman–Crippen LogP) is 11.4. The van der Waals surface area contributed by atoms with Crippen molar-refractivity contribution < 1.29 is 25.8 Å². The summed E-state index contributed by atoms with van der Waals surface area (Å²) in [5, 5.41) is 5.37. The van der Waals surface area contributed by atoms with Crippen LogP contribution in [-0.4, -0.2) is 0 Å². The average molecular weight is 687 g/mol. The second-order valence-electron chi connectivity index (χ2n) is 10.6. The van der Waals surface area contributed by atoms with Crippen LogP contribution in [0.4, 0.5) is 0 Å². The topological polar surface area (TPSA) is 0 Å². The van der Waals surface area contributed by atoms with Gasteiger partial charge in [-0.1, -0.05) is 96.8 Å². The fourth-order valence-corrected chi connectivity index (χ4v) is 6.38. The fourth-order valence-electron chi connectivity index (χ4n) is 6.38. The Morgan fingerprint density at radius 1 is 0.550 bits per heavy atom. The Bertz CT molecular complexity index is 1600. The SMILES string of the molecule is CCC(CC)(c1cc2c(-c3cccc(C)c3)cccc2[cH-]1)c1cc2c(-c3cccc(C)c3)cccc2[cH-]1.[CH3-].[CH3-].[Hf+4]. The molecule has 0 aromatic heterocycles. The molecule has 40 heavy (non-hydrogen) atoms. The Hall–Kier alpha value is -3.03. The molecule has 0 spiro atoms. The second kappa shape index (κ2) is 12.6. The first-order chi connectivity index (χ1) is 18.0. The van der Waals surface area contributed by atoms with Gasteiger partial charge in [0.2, 0.25) is 0 Å². The van der Waals surface area contributed by atoms with E-state index in [9.17, 15) is 0 Å². The van der Waals surface area contributed by atoms with Crippen LogP contribution in [0.15, 0.2) is 109 Å². The summed E-state index contributed by atoms with van der Waals surface area (Å²) in [5.41, 5.74) is 10.7. The van der Waals surface area contributed by atoms with Gasteiger partial charge in [-0.15, -0.1) is 69.1 Å². The summed E-state index contributed by atoms with van der Waals surface area (Å²) in [5.74, 6) is 0. The fraction of sp³-hybridized carbons (Fsp3) is 0.179. The molecule has 6 rings (SSSR count). The Morgan fingerprint density at radius 3 is 1.32 bits per heavy atom. The molecule has 200 valence electrons. The Kier molecular flexibility index (Phi) is 9.96. The van der Waals surface area contributed by atoms with Crippen molar-refractivity contribution >= 4 is 21.5 Å². The standard InChI is InChI=1S/C37H34.2CH3.Hf/c1-5-37(6-2,31-21-29-15-9-17-33(35(29)23-31)27-13-7-11-25(3)19-27)32-22-30-16-10-18-34(36(30)24-32)28-14-8-12-26(4)20-28;;;/h7-24H,5-6H2,1-4H3;2*1H3;/q-2;2*-1;+4. The van der Waals surface area contributed by atoms with Crippen molar-refractivity contribution in [2.75, 3.05) is 0 Å². The quantitative estimate of drug-likeness (QED) is 0.121. The Balaban J connectivity index is 0.00000147. The van der Waals surface area contributed by atoms with Crippen molar-refractivity contribution in [1.29, 1.82) is 0 Å². The molecule has 1 heteroatoms. The summed E-state index contributed by atoms with van der Waals surface area (Å²) in [6.07, 6.45) is 2.13. The summed E-state index contributed by atoms with van der Waals surface area (Å²) in [7, 11) is 0. The third kappa shape index (κ3) is 5.34. The van der Waals surface area contributed by atoms with Gasteiger partial charge in [-0.05, 0) is 43.2 Å². The summed E-state index contributed by atoms with van der Waals surface area (Å²) in [4.78, 5) is 0. The van der Waals surface area contributed by atoms with Crippen LogP contribution >= 0.6 is 0 Å². The van der Waals surface area contributed by atoms with Crippen molar-refractivity contribution in [3.8, 4) is 22.3 Å². The Morgan fingerprint density at radius 2 is 0.950 bits per heavy atom. The summed E-state index contributed by atoms with van der Waals surface area (Å²) < 4.78 is 0. The zero-order valence-corrected chi connectivity index (χ0v) is 28.4. The maximum Gasteiger partial charge on any atom is 4.00 e. The Labute approximate surface area is 260 Å². The summed E-state index contributed by atoms with van der Waals surface area (Å²) in [6.45, 7) is 9.04. The van der Waals surface area contributed by atoms with E-state index in [0.29, 0.717) is 0 Å². The number of hydrogen-bond acceptors (Lipinski definition) is 0. The molecule has 0 nitrogen and oxygen atoms in total. The minimum Gasteiger partial charge on any atom is -0.358 e. The van der Waals surface area contributed by atoms with Crippen LogP contribution in [0.1, 0.15) is 48.9 Å². The molecule has 0 radical (unpaired) electrons. The van der Waals surface area contributed by atoms with E-state index >= 15 is 0 Å². The molecule has 0 N–H and O–H groups in total. The molecule has 0 heterocycles. The summed E-state index contributed by atoms with van der Waals surface area (Å²) in [6, 6.07) is 41.0. The molecule has 0 aliphatic heterocycles. The molecule has 0 atom stereocenters. The molecule has 0 aliphatic carbocycles. The first-order valence-corrected chi connectivity index (χ1v) is 13.6. The third-order valence-corrected chi connectivity index (χ3v) is 8.47. The van der Waals surface area contributed by atoms with E-state index in [0.717, 1.165) is 12.8 Å².